The van der Waals surface area contributed by atoms with Crippen LogP contribution in [0.3, 0.4) is 0 Å². The summed E-state index contributed by atoms with van der Waals surface area (Å²) >= 11 is 1.26. The number of nitrogens with two attached hydrogens (primary N) is 1. The highest BCUT2D eigenvalue weighted by atomic mass is 32.1. The second-order valence-electron chi connectivity index (χ2n) is 3.88. The van der Waals surface area contributed by atoms with Crippen LogP contribution in [-0.4, -0.2) is 10.9 Å². The van der Waals surface area contributed by atoms with Crippen LogP contribution in [0.15, 0.2) is 23.6 Å². The minimum Gasteiger partial charge on any atom is -0.375 e. The predicted octanol–water partition coefficient (Wildman–Crippen LogP) is 1.86. The molecule has 3 N–H and O–H groups in total. The van der Waals surface area contributed by atoms with Crippen molar-refractivity contribution in [2.45, 2.75) is 13.0 Å². The molecule has 100 valence electrons. The molecule has 0 aliphatic carbocycles. The summed E-state index contributed by atoms with van der Waals surface area (Å²) in [5, 5.41) is 4.71. The predicted molar refractivity (Wildman–Crippen MR) is 68.4 cm³/mol. The summed E-state index contributed by atoms with van der Waals surface area (Å²) in [6.45, 7) is 0.135. The first-order valence-electron chi connectivity index (χ1n) is 5.45. The first-order chi connectivity index (χ1) is 9.04. The lowest BCUT2D eigenvalue weighted by Gasteiger charge is -2.04. The van der Waals surface area contributed by atoms with Gasteiger partial charge in [0.2, 0.25) is 5.91 Å². The fourth-order valence-electron chi connectivity index (χ4n) is 1.48. The van der Waals surface area contributed by atoms with Crippen molar-refractivity contribution in [2.24, 2.45) is 0 Å². The third kappa shape index (κ3) is 3.72. The Labute approximate surface area is 112 Å². The van der Waals surface area contributed by atoms with Crippen LogP contribution in [0.25, 0.3) is 0 Å². The number of rotatable bonds is 4. The number of nitrogens with one attached hydrogen (secondary N) is 1. The summed E-state index contributed by atoms with van der Waals surface area (Å²) in [7, 11) is 0. The number of carbonyl (C=O) groups is 1. The Morgan fingerprint density at radius 3 is 2.79 bits per heavy atom. The number of nitrogen functional groups attached to an aromatic ring is 1. The van der Waals surface area contributed by atoms with Gasteiger partial charge in [-0.3, -0.25) is 4.79 Å². The molecule has 2 aromatic rings. The van der Waals surface area contributed by atoms with Crippen molar-refractivity contribution in [1.82, 2.24) is 10.3 Å². The molecule has 0 radical (unpaired) electrons. The molecule has 0 bridgehead atoms. The van der Waals surface area contributed by atoms with Crippen LogP contribution in [-0.2, 0) is 17.8 Å². The topological polar surface area (TPSA) is 68.0 Å². The van der Waals surface area contributed by atoms with Crippen molar-refractivity contribution in [3.8, 4) is 0 Å². The highest BCUT2D eigenvalue weighted by Crippen LogP contribution is 2.11. The van der Waals surface area contributed by atoms with Crippen LogP contribution in [0.4, 0.5) is 13.9 Å². The molecule has 1 heterocycles. The number of halogens is 2. The lowest BCUT2D eigenvalue weighted by atomic mass is 10.2. The van der Waals surface area contributed by atoms with Gasteiger partial charge in [0.1, 0.15) is 0 Å². The SMILES string of the molecule is Nc1nc(CC(=O)NCc2ccc(F)c(F)c2)cs1. The number of nitrogens with zero attached hydrogens (tertiary/aromatic N) is 1. The van der Waals surface area contributed by atoms with Gasteiger partial charge in [-0.25, -0.2) is 13.8 Å². The average molecular weight is 283 g/mol. The zero-order valence-corrected chi connectivity index (χ0v) is 10.6. The van der Waals surface area contributed by atoms with Crippen molar-refractivity contribution >= 4 is 22.4 Å². The second-order valence-corrected chi connectivity index (χ2v) is 4.77. The number of amides is 1. The third-order valence-corrected chi connectivity index (χ3v) is 3.11. The van der Waals surface area contributed by atoms with Gasteiger partial charge in [0.25, 0.3) is 0 Å². The van der Waals surface area contributed by atoms with Gasteiger partial charge in [-0.2, -0.15) is 0 Å². The first kappa shape index (κ1) is 13.4. The van der Waals surface area contributed by atoms with Gasteiger partial charge in [-0.1, -0.05) is 6.07 Å². The van der Waals surface area contributed by atoms with E-state index in [-0.39, 0.29) is 18.9 Å². The quantitative estimate of drug-likeness (QED) is 0.900. The Morgan fingerprint density at radius 1 is 1.37 bits per heavy atom. The van der Waals surface area contributed by atoms with Crippen LogP contribution < -0.4 is 11.1 Å². The van der Waals surface area contributed by atoms with Crippen LogP contribution in [0.1, 0.15) is 11.3 Å². The minimum atomic E-state index is -0.931. The molecule has 1 aromatic carbocycles. The molecule has 0 spiro atoms. The molecular formula is C12H11F2N3OS. The van der Waals surface area contributed by atoms with Gasteiger partial charge < -0.3 is 11.1 Å². The summed E-state index contributed by atoms with van der Waals surface area (Å²) in [4.78, 5) is 15.5. The van der Waals surface area contributed by atoms with Gasteiger partial charge in [-0.05, 0) is 17.7 Å². The molecule has 0 aliphatic rings. The summed E-state index contributed by atoms with van der Waals surface area (Å²) in [5.41, 5.74) is 6.53. The molecule has 4 nitrogen and oxygen atoms in total. The van der Waals surface area contributed by atoms with E-state index in [1.165, 1.54) is 17.4 Å². The molecule has 0 aliphatic heterocycles. The number of aromatic nitrogens is 1. The molecule has 19 heavy (non-hydrogen) atoms. The molecule has 0 fully saturated rings. The van der Waals surface area contributed by atoms with E-state index in [0.29, 0.717) is 16.4 Å². The zero-order chi connectivity index (χ0) is 13.8. The lowest BCUT2D eigenvalue weighted by Crippen LogP contribution is -2.24. The zero-order valence-electron chi connectivity index (χ0n) is 9.82. The number of hydrogen-bond donors (Lipinski definition) is 2. The third-order valence-electron chi connectivity index (χ3n) is 2.38. The second kappa shape index (κ2) is 5.75. The van der Waals surface area contributed by atoms with E-state index in [9.17, 15) is 13.6 Å². The normalized spacial score (nSPS) is 10.4. The first-order valence-corrected chi connectivity index (χ1v) is 6.33. The van der Waals surface area contributed by atoms with Crippen molar-refractivity contribution in [3.63, 3.8) is 0 Å². The molecule has 1 aromatic heterocycles. The van der Waals surface area contributed by atoms with E-state index in [4.69, 9.17) is 5.73 Å². The van der Waals surface area contributed by atoms with E-state index in [0.717, 1.165) is 12.1 Å². The minimum absolute atomic E-state index is 0.109. The van der Waals surface area contributed by atoms with Gasteiger partial charge in [0.05, 0.1) is 12.1 Å². The number of thiazole rings is 1. The molecule has 0 saturated carbocycles. The Hall–Kier alpha value is -2.02. The molecular weight excluding hydrogens is 272 g/mol. The van der Waals surface area contributed by atoms with E-state index >= 15 is 0 Å². The van der Waals surface area contributed by atoms with Crippen LogP contribution >= 0.6 is 11.3 Å². The van der Waals surface area contributed by atoms with Gasteiger partial charge in [-0.15, -0.1) is 11.3 Å². The van der Waals surface area contributed by atoms with Crippen molar-refractivity contribution in [1.29, 1.82) is 0 Å². The maximum atomic E-state index is 12.9. The highest BCUT2D eigenvalue weighted by molar-refractivity contribution is 7.13. The maximum Gasteiger partial charge on any atom is 0.226 e. The molecule has 0 unspecified atom stereocenters. The van der Waals surface area contributed by atoms with Gasteiger partial charge in [0, 0.05) is 11.9 Å². The van der Waals surface area contributed by atoms with E-state index in [2.05, 4.69) is 10.3 Å². The van der Waals surface area contributed by atoms with E-state index in [1.807, 2.05) is 0 Å². The fraction of sp³-hybridized carbons (Fsp3) is 0.167. The van der Waals surface area contributed by atoms with Gasteiger partial charge in [0.15, 0.2) is 16.8 Å². The number of anilines is 1. The Balaban J connectivity index is 1.88. The molecule has 0 atom stereocenters. The van der Waals surface area contributed by atoms with Crippen molar-refractivity contribution < 1.29 is 13.6 Å². The molecule has 2 rings (SSSR count). The van der Waals surface area contributed by atoms with Crippen LogP contribution in [0, 0.1) is 11.6 Å². The Bertz CT molecular complexity index is 600. The average Bonchev–Trinajstić information content (AvgIpc) is 2.76. The van der Waals surface area contributed by atoms with Gasteiger partial charge >= 0.3 is 0 Å². The lowest BCUT2D eigenvalue weighted by molar-refractivity contribution is -0.120. The Kier molecular flexibility index (Phi) is 4.06. The Morgan fingerprint density at radius 2 is 2.16 bits per heavy atom. The van der Waals surface area contributed by atoms with Crippen LogP contribution in [0.5, 0.6) is 0 Å². The van der Waals surface area contributed by atoms with Crippen molar-refractivity contribution in [2.75, 3.05) is 5.73 Å². The number of carbonyl (C=O) groups excluding carboxylic acids is 1. The van der Waals surface area contributed by atoms with E-state index in [1.54, 1.807) is 5.38 Å². The number of hydrogen-bond acceptors (Lipinski definition) is 4. The monoisotopic (exact) mass is 283 g/mol. The summed E-state index contributed by atoms with van der Waals surface area (Å²) in [6.07, 6.45) is 0.109. The largest absolute Gasteiger partial charge is 0.375 e. The van der Waals surface area contributed by atoms with Crippen LogP contribution in [0.2, 0.25) is 0 Å². The molecule has 7 heteroatoms. The summed E-state index contributed by atoms with van der Waals surface area (Å²) in [5.74, 6) is -2.10. The summed E-state index contributed by atoms with van der Waals surface area (Å²) < 4.78 is 25.6. The smallest absolute Gasteiger partial charge is 0.226 e. The highest BCUT2D eigenvalue weighted by Gasteiger charge is 2.07. The number of benzene rings is 1. The van der Waals surface area contributed by atoms with E-state index < -0.39 is 11.6 Å². The maximum absolute atomic E-state index is 12.9. The summed E-state index contributed by atoms with van der Waals surface area (Å²) in [6, 6.07) is 3.49. The molecule has 1 amide bonds. The molecule has 0 saturated heterocycles. The van der Waals surface area contributed by atoms with Crippen molar-refractivity contribution in [3.05, 3.63) is 46.5 Å². The fourth-order valence-corrected chi connectivity index (χ4v) is 2.04. The standard InChI is InChI=1S/C12H11F2N3OS/c13-9-2-1-7(3-10(9)14)5-16-11(18)4-8-6-19-12(15)17-8/h1-3,6H,4-5H2,(H2,15,17)(H,16,18).